The van der Waals surface area contributed by atoms with Crippen LogP contribution in [-0.2, 0) is 11.2 Å². The molecule has 1 saturated heterocycles. The summed E-state index contributed by atoms with van der Waals surface area (Å²) in [6, 6.07) is 7.53. The van der Waals surface area contributed by atoms with Crippen LogP contribution in [0.2, 0.25) is 5.02 Å². The lowest BCUT2D eigenvalue weighted by molar-refractivity contribution is -0.131. The normalized spacial score (nSPS) is 20.4. The molecular formula is C13H15BrClNO. The molecule has 4 heteroatoms. The van der Waals surface area contributed by atoms with Gasteiger partial charge in [-0.05, 0) is 24.5 Å². The molecule has 1 aliphatic heterocycles. The summed E-state index contributed by atoms with van der Waals surface area (Å²) >= 11 is 9.63. The first kappa shape index (κ1) is 12.9. The second-order valence-electron chi connectivity index (χ2n) is 4.35. The Balaban J connectivity index is 1.99. The molecule has 2 nitrogen and oxygen atoms in total. The molecule has 0 bridgehead atoms. The predicted molar refractivity (Wildman–Crippen MR) is 73.7 cm³/mol. The number of carbonyl (C=O) groups excluding carboxylic acids is 1. The molecule has 1 aromatic carbocycles. The molecule has 0 aromatic heterocycles. The summed E-state index contributed by atoms with van der Waals surface area (Å²) in [6.45, 7) is 1.68. The van der Waals surface area contributed by atoms with E-state index in [2.05, 4.69) is 15.9 Å². The van der Waals surface area contributed by atoms with Gasteiger partial charge in [0.25, 0.3) is 0 Å². The average Bonchev–Trinajstić information content (AvgIpc) is 2.32. The van der Waals surface area contributed by atoms with Crippen molar-refractivity contribution in [2.24, 2.45) is 0 Å². The number of halogens is 2. The fraction of sp³-hybridized carbons (Fsp3) is 0.462. The minimum absolute atomic E-state index is 0.169. The van der Waals surface area contributed by atoms with Gasteiger partial charge in [-0.2, -0.15) is 0 Å². The zero-order valence-electron chi connectivity index (χ0n) is 9.53. The van der Waals surface area contributed by atoms with E-state index in [1.54, 1.807) is 0 Å². The smallest absolute Gasteiger partial charge is 0.227 e. The lowest BCUT2D eigenvalue weighted by Gasteiger charge is -2.30. The van der Waals surface area contributed by atoms with Crippen LogP contribution in [0.25, 0.3) is 0 Å². The van der Waals surface area contributed by atoms with Crippen molar-refractivity contribution in [2.45, 2.75) is 24.1 Å². The number of likely N-dealkylation sites (tertiary alicyclic amines) is 1. The Bertz CT molecular complexity index is 410. The van der Waals surface area contributed by atoms with E-state index in [0.717, 1.165) is 31.5 Å². The van der Waals surface area contributed by atoms with Crippen LogP contribution in [0.4, 0.5) is 0 Å². The van der Waals surface area contributed by atoms with Gasteiger partial charge in [-0.25, -0.2) is 0 Å². The Morgan fingerprint density at radius 3 is 2.94 bits per heavy atom. The highest BCUT2D eigenvalue weighted by Gasteiger charge is 2.22. The van der Waals surface area contributed by atoms with Gasteiger partial charge in [0.1, 0.15) is 0 Å². The van der Waals surface area contributed by atoms with Gasteiger partial charge >= 0.3 is 0 Å². The van der Waals surface area contributed by atoms with Crippen molar-refractivity contribution >= 4 is 33.4 Å². The van der Waals surface area contributed by atoms with E-state index in [4.69, 9.17) is 11.6 Å². The predicted octanol–water partition coefficient (Wildman–Crippen LogP) is 3.27. The van der Waals surface area contributed by atoms with Gasteiger partial charge in [0.15, 0.2) is 0 Å². The average molecular weight is 317 g/mol. The number of benzene rings is 1. The lowest BCUT2D eigenvalue weighted by atomic mass is 10.1. The van der Waals surface area contributed by atoms with Crippen LogP contribution < -0.4 is 0 Å². The second-order valence-corrected chi connectivity index (χ2v) is 6.05. The molecule has 1 aromatic rings. The van der Waals surface area contributed by atoms with Crippen LogP contribution in [0.1, 0.15) is 18.4 Å². The molecular weight excluding hydrogens is 302 g/mol. The maximum absolute atomic E-state index is 12.1. The summed E-state index contributed by atoms with van der Waals surface area (Å²) in [5, 5.41) is 0.674. The summed E-state index contributed by atoms with van der Waals surface area (Å²) in [6.07, 6.45) is 2.62. The van der Waals surface area contributed by atoms with Crippen molar-refractivity contribution in [3.63, 3.8) is 0 Å². The van der Waals surface area contributed by atoms with Gasteiger partial charge in [-0.15, -0.1) is 0 Å². The molecule has 0 saturated carbocycles. The fourth-order valence-electron chi connectivity index (χ4n) is 2.07. The highest BCUT2D eigenvalue weighted by molar-refractivity contribution is 9.09. The van der Waals surface area contributed by atoms with Gasteiger partial charge in [-0.1, -0.05) is 45.7 Å². The van der Waals surface area contributed by atoms with Crippen molar-refractivity contribution < 1.29 is 4.79 Å². The Morgan fingerprint density at radius 1 is 1.47 bits per heavy atom. The van der Waals surface area contributed by atoms with Crippen molar-refractivity contribution in [1.29, 1.82) is 0 Å². The molecule has 1 unspecified atom stereocenters. The molecule has 1 heterocycles. The third kappa shape index (κ3) is 3.46. The van der Waals surface area contributed by atoms with E-state index in [9.17, 15) is 4.79 Å². The monoisotopic (exact) mass is 315 g/mol. The van der Waals surface area contributed by atoms with E-state index in [1.165, 1.54) is 0 Å². The second kappa shape index (κ2) is 5.87. The molecule has 0 N–H and O–H groups in total. The fourth-order valence-corrected chi connectivity index (χ4v) is 2.94. The lowest BCUT2D eigenvalue weighted by Crippen LogP contribution is -2.41. The molecule has 0 radical (unpaired) electrons. The molecule has 0 spiro atoms. The SMILES string of the molecule is O=C(Cc1ccccc1Cl)N1CCCC(Br)C1. The van der Waals surface area contributed by atoms with Crippen molar-refractivity contribution in [3.8, 4) is 0 Å². The van der Waals surface area contributed by atoms with E-state index in [0.29, 0.717) is 16.3 Å². The standard InChI is InChI=1S/C13H15BrClNO/c14-11-5-3-7-16(9-11)13(17)8-10-4-1-2-6-12(10)15/h1-2,4,6,11H,3,5,7-9H2. The number of nitrogens with zero attached hydrogens (tertiary/aromatic N) is 1. The number of hydrogen-bond donors (Lipinski definition) is 0. The van der Waals surface area contributed by atoms with E-state index < -0.39 is 0 Å². The van der Waals surface area contributed by atoms with Crippen molar-refractivity contribution in [3.05, 3.63) is 34.9 Å². The van der Waals surface area contributed by atoms with Gasteiger partial charge in [-0.3, -0.25) is 4.79 Å². The van der Waals surface area contributed by atoms with Crippen molar-refractivity contribution in [1.82, 2.24) is 4.90 Å². The summed E-state index contributed by atoms with van der Waals surface area (Å²) in [5.74, 6) is 0.169. The quantitative estimate of drug-likeness (QED) is 0.767. The van der Waals surface area contributed by atoms with Gasteiger partial charge in [0.05, 0.1) is 6.42 Å². The molecule has 92 valence electrons. The Hall–Kier alpha value is -0.540. The zero-order chi connectivity index (χ0) is 12.3. The van der Waals surface area contributed by atoms with Crippen LogP contribution in [0.15, 0.2) is 24.3 Å². The third-order valence-corrected chi connectivity index (χ3v) is 4.13. The van der Waals surface area contributed by atoms with Crippen LogP contribution in [0.5, 0.6) is 0 Å². The highest BCUT2D eigenvalue weighted by atomic mass is 79.9. The van der Waals surface area contributed by atoms with E-state index in [-0.39, 0.29) is 5.91 Å². The van der Waals surface area contributed by atoms with Crippen LogP contribution in [-0.4, -0.2) is 28.7 Å². The summed E-state index contributed by atoms with van der Waals surface area (Å²) < 4.78 is 0. The highest BCUT2D eigenvalue weighted by Crippen LogP contribution is 2.20. The molecule has 17 heavy (non-hydrogen) atoms. The molecule has 1 atom stereocenters. The maximum atomic E-state index is 12.1. The number of rotatable bonds is 2. The van der Waals surface area contributed by atoms with Crippen LogP contribution in [0, 0.1) is 0 Å². The van der Waals surface area contributed by atoms with Crippen molar-refractivity contribution in [2.75, 3.05) is 13.1 Å². The largest absolute Gasteiger partial charge is 0.341 e. The number of carbonyl (C=O) groups is 1. The maximum Gasteiger partial charge on any atom is 0.227 e. The topological polar surface area (TPSA) is 20.3 Å². The number of piperidine rings is 1. The number of hydrogen-bond acceptors (Lipinski definition) is 1. The Labute approximate surface area is 115 Å². The summed E-state index contributed by atoms with van der Waals surface area (Å²) in [7, 11) is 0. The van der Waals surface area contributed by atoms with Gasteiger partial charge < -0.3 is 4.90 Å². The Kier molecular flexibility index (Phi) is 4.46. The third-order valence-electron chi connectivity index (χ3n) is 3.02. The first-order valence-corrected chi connectivity index (χ1v) is 7.11. The van der Waals surface area contributed by atoms with Gasteiger partial charge in [0, 0.05) is 22.9 Å². The minimum atomic E-state index is 0.169. The first-order chi connectivity index (χ1) is 8.16. The molecule has 1 amide bonds. The Morgan fingerprint density at radius 2 is 2.24 bits per heavy atom. The van der Waals surface area contributed by atoms with Crippen LogP contribution in [0.3, 0.4) is 0 Å². The molecule has 2 rings (SSSR count). The minimum Gasteiger partial charge on any atom is -0.341 e. The summed E-state index contributed by atoms with van der Waals surface area (Å²) in [4.78, 5) is 14.5. The van der Waals surface area contributed by atoms with Gasteiger partial charge in [0.2, 0.25) is 5.91 Å². The van der Waals surface area contributed by atoms with E-state index >= 15 is 0 Å². The van der Waals surface area contributed by atoms with Crippen LogP contribution >= 0.6 is 27.5 Å². The first-order valence-electron chi connectivity index (χ1n) is 5.82. The number of alkyl halides is 1. The molecule has 1 aliphatic rings. The summed E-state index contributed by atoms with van der Waals surface area (Å²) in [5.41, 5.74) is 0.913. The zero-order valence-corrected chi connectivity index (χ0v) is 11.9. The number of amides is 1. The van der Waals surface area contributed by atoms with E-state index in [1.807, 2.05) is 29.2 Å². The molecule has 0 aliphatic carbocycles. The molecule has 1 fully saturated rings.